The van der Waals surface area contributed by atoms with Gasteiger partial charge in [-0.2, -0.15) is 13.2 Å². The lowest BCUT2D eigenvalue weighted by atomic mass is 10.0. The molecule has 0 aromatic heterocycles. The Balaban J connectivity index is 0.00000196. The molecule has 0 amide bonds. The van der Waals surface area contributed by atoms with E-state index in [2.05, 4.69) is 0 Å². The Morgan fingerprint density at radius 1 is 1.27 bits per heavy atom. The SMILES string of the molecule is Cc1c(C(F)(F)F)ccc(CN)c1F.Cl. The molecule has 0 atom stereocenters. The van der Waals surface area contributed by atoms with Gasteiger partial charge in [0, 0.05) is 12.1 Å². The molecule has 2 N–H and O–H groups in total. The predicted molar refractivity (Wildman–Crippen MR) is 51.3 cm³/mol. The van der Waals surface area contributed by atoms with Crippen LogP contribution in [-0.2, 0) is 12.7 Å². The van der Waals surface area contributed by atoms with Crippen molar-refractivity contribution in [3.8, 4) is 0 Å². The van der Waals surface area contributed by atoms with Gasteiger partial charge < -0.3 is 5.73 Å². The highest BCUT2D eigenvalue weighted by molar-refractivity contribution is 5.85. The van der Waals surface area contributed by atoms with Crippen LogP contribution in [0.3, 0.4) is 0 Å². The van der Waals surface area contributed by atoms with Gasteiger partial charge in [-0.25, -0.2) is 4.39 Å². The molecule has 0 aliphatic carbocycles. The number of benzene rings is 1. The highest BCUT2D eigenvalue weighted by atomic mass is 35.5. The zero-order chi connectivity index (χ0) is 10.9. The zero-order valence-corrected chi connectivity index (χ0v) is 8.68. The summed E-state index contributed by atoms with van der Waals surface area (Å²) in [7, 11) is 0. The van der Waals surface area contributed by atoms with E-state index in [1.54, 1.807) is 0 Å². The summed E-state index contributed by atoms with van der Waals surface area (Å²) in [6, 6.07) is 1.91. The topological polar surface area (TPSA) is 26.0 Å². The molecule has 86 valence electrons. The number of alkyl halides is 3. The van der Waals surface area contributed by atoms with E-state index in [0.29, 0.717) is 0 Å². The molecule has 1 rings (SSSR count). The van der Waals surface area contributed by atoms with Crippen molar-refractivity contribution in [3.63, 3.8) is 0 Å². The molecule has 0 fully saturated rings. The van der Waals surface area contributed by atoms with E-state index in [1.165, 1.54) is 0 Å². The minimum atomic E-state index is -4.52. The Kier molecular flexibility index (Phi) is 4.55. The quantitative estimate of drug-likeness (QED) is 0.754. The average Bonchev–Trinajstić information content (AvgIpc) is 2.07. The van der Waals surface area contributed by atoms with E-state index in [-0.39, 0.29) is 24.5 Å². The molecule has 0 saturated carbocycles. The minimum absolute atomic E-state index is 0. The van der Waals surface area contributed by atoms with Crippen molar-refractivity contribution < 1.29 is 17.6 Å². The highest BCUT2D eigenvalue weighted by Gasteiger charge is 2.33. The van der Waals surface area contributed by atoms with Crippen molar-refractivity contribution >= 4 is 12.4 Å². The van der Waals surface area contributed by atoms with Crippen molar-refractivity contribution in [1.82, 2.24) is 0 Å². The second kappa shape index (κ2) is 4.81. The fraction of sp³-hybridized carbons (Fsp3) is 0.333. The Morgan fingerprint density at radius 2 is 1.80 bits per heavy atom. The van der Waals surface area contributed by atoms with Crippen LogP contribution in [0.15, 0.2) is 12.1 Å². The molecule has 0 unspecified atom stereocenters. The lowest BCUT2D eigenvalue weighted by Gasteiger charge is -2.12. The van der Waals surface area contributed by atoms with Crippen molar-refractivity contribution in [1.29, 1.82) is 0 Å². The standard InChI is InChI=1S/C9H9F4N.ClH/c1-5-7(9(11,12)13)3-2-6(4-14)8(5)10;/h2-3H,4,14H2,1H3;1H. The van der Waals surface area contributed by atoms with Crippen molar-refractivity contribution in [2.45, 2.75) is 19.6 Å². The fourth-order valence-electron chi connectivity index (χ4n) is 1.21. The molecule has 0 radical (unpaired) electrons. The van der Waals surface area contributed by atoms with Crippen LogP contribution in [0.5, 0.6) is 0 Å². The summed E-state index contributed by atoms with van der Waals surface area (Å²) in [4.78, 5) is 0. The highest BCUT2D eigenvalue weighted by Crippen LogP contribution is 2.33. The molecule has 15 heavy (non-hydrogen) atoms. The molecule has 0 heterocycles. The van der Waals surface area contributed by atoms with Gasteiger partial charge in [0.2, 0.25) is 0 Å². The first-order chi connectivity index (χ1) is 6.38. The van der Waals surface area contributed by atoms with Crippen LogP contribution in [-0.4, -0.2) is 0 Å². The summed E-state index contributed by atoms with van der Waals surface area (Å²) in [6.07, 6.45) is -4.52. The van der Waals surface area contributed by atoms with Gasteiger partial charge in [-0.3, -0.25) is 0 Å². The third-order valence-corrected chi connectivity index (χ3v) is 1.99. The Morgan fingerprint density at radius 3 is 2.20 bits per heavy atom. The largest absolute Gasteiger partial charge is 0.416 e. The van der Waals surface area contributed by atoms with Crippen LogP contribution in [0.2, 0.25) is 0 Å². The van der Waals surface area contributed by atoms with E-state index in [4.69, 9.17) is 5.73 Å². The molecule has 0 aliphatic heterocycles. The third kappa shape index (κ3) is 2.82. The van der Waals surface area contributed by atoms with Gasteiger partial charge in [0.25, 0.3) is 0 Å². The van der Waals surface area contributed by atoms with Gasteiger partial charge in [-0.1, -0.05) is 6.07 Å². The summed E-state index contributed by atoms with van der Waals surface area (Å²) in [5, 5.41) is 0. The first-order valence-electron chi connectivity index (χ1n) is 3.93. The maximum absolute atomic E-state index is 13.2. The van der Waals surface area contributed by atoms with E-state index in [0.717, 1.165) is 19.1 Å². The molecule has 0 aliphatic rings. The molecular weight excluding hydrogens is 234 g/mol. The number of nitrogens with two attached hydrogens (primary N) is 1. The number of hydrogen-bond donors (Lipinski definition) is 1. The van der Waals surface area contributed by atoms with Crippen molar-refractivity contribution in [3.05, 3.63) is 34.6 Å². The Labute approximate surface area is 90.7 Å². The maximum atomic E-state index is 13.2. The molecule has 0 bridgehead atoms. The van der Waals surface area contributed by atoms with Gasteiger partial charge in [-0.15, -0.1) is 12.4 Å². The molecule has 1 aromatic rings. The second-order valence-corrected chi connectivity index (χ2v) is 2.91. The monoisotopic (exact) mass is 243 g/mol. The summed E-state index contributed by atoms with van der Waals surface area (Å²) in [6.45, 7) is 0.988. The first kappa shape index (κ1) is 14.2. The Hall–Kier alpha value is -0.810. The van der Waals surface area contributed by atoms with Crippen LogP contribution in [0.25, 0.3) is 0 Å². The average molecular weight is 244 g/mol. The Bertz CT molecular complexity index is 349. The van der Waals surface area contributed by atoms with Crippen LogP contribution < -0.4 is 5.73 Å². The summed E-state index contributed by atoms with van der Waals surface area (Å²) in [5.74, 6) is -0.873. The minimum Gasteiger partial charge on any atom is -0.326 e. The second-order valence-electron chi connectivity index (χ2n) is 2.91. The van der Waals surface area contributed by atoms with Gasteiger partial charge in [-0.05, 0) is 18.6 Å². The van der Waals surface area contributed by atoms with Crippen LogP contribution in [0.4, 0.5) is 17.6 Å². The molecule has 0 spiro atoms. The summed E-state index contributed by atoms with van der Waals surface area (Å²) < 4.78 is 50.0. The van der Waals surface area contributed by atoms with E-state index < -0.39 is 23.1 Å². The maximum Gasteiger partial charge on any atom is 0.416 e. The third-order valence-electron chi connectivity index (χ3n) is 1.99. The number of rotatable bonds is 1. The summed E-state index contributed by atoms with van der Waals surface area (Å²) >= 11 is 0. The summed E-state index contributed by atoms with van der Waals surface area (Å²) in [5.41, 5.74) is 3.90. The molecular formula is C9H10ClF4N. The molecule has 1 aromatic carbocycles. The van der Waals surface area contributed by atoms with Gasteiger partial charge >= 0.3 is 6.18 Å². The lowest BCUT2D eigenvalue weighted by molar-refractivity contribution is -0.138. The van der Waals surface area contributed by atoms with Crippen LogP contribution in [0.1, 0.15) is 16.7 Å². The van der Waals surface area contributed by atoms with Crippen LogP contribution >= 0.6 is 12.4 Å². The van der Waals surface area contributed by atoms with Crippen LogP contribution in [0, 0.1) is 12.7 Å². The molecule has 0 saturated heterocycles. The first-order valence-corrected chi connectivity index (χ1v) is 3.93. The normalized spacial score (nSPS) is 11.1. The van der Waals surface area contributed by atoms with Crippen molar-refractivity contribution in [2.24, 2.45) is 5.73 Å². The fourth-order valence-corrected chi connectivity index (χ4v) is 1.21. The smallest absolute Gasteiger partial charge is 0.326 e. The van der Waals surface area contributed by atoms with Gasteiger partial charge in [0.1, 0.15) is 5.82 Å². The predicted octanol–water partition coefficient (Wildman–Crippen LogP) is 3.03. The zero-order valence-electron chi connectivity index (χ0n) is 7.86. The number of hydrogen-bond acceptors (Lipinski definition) is 1. The van der Waals surface area contributed by atoms with E-state index in [9.17, 15) is 17.6 Å². The molecule has 1 nitrogen and oxygen atoms in total. The van der Waals surface area contributed by atoms with E-state index in [1.807, 2.05) is 0 Å². The van der Waals surface area contributed by atoms with Gasteiger partial charge in [0.05, 0.1) is 5.56 Å². The van der Waals surface area contributed by atoms with Gasteiger partial charge in [0.15, 0.2) is 0 Å². The molecule has 6 heteroatoms. The lowest BCUT2D eigenvalue weighted by Crippen LogP contribution is -2.11. The van der Waals surface area contributed by atoms with Crippen molar-refractivity contribution in [2.75, 3.05) is 0 Å². The van der Waals surface area contributed by atoms with E-state index >= 15 is 0 Å². The number of halogens is 5.